The average Bonchev–Trinajstić information content (AvgIpc) is 2.88. The summed E-state index contributed by atoms with van der Waals surface area (Å²) in [5.74, 6) is 0.675. The van der Waals surface area contributed by atoms with Crippen molar-refractivity contribution < 1.29 is 4.74 Å². The minimum absolute atomic E-state index is 0.599. The maximum atomic E-state index is 6.10. The highest BCUT2D eigenvalue weighted by Crippen LogP contribution is 2.26. The smallest absolute Gasteiger partial charge is 0.137 e. The van der Waals surface area contributed by atoms with Crippen molar-refractivity contribution in [3.63, 3.8) is 0 Å². The summed E-state index contributed by atoms with van der Waals surface area (Å²) in [6.07, 6.45) is 3.95. The van der Waals surface area contributed by atoms with Crippen LogP contribution in [0.3, 0.4) is 0 Å². The number of rotatable bonds is 3. The van der Waals surface area contributed by atoms with Crippen LogP contribution in [0.15, 0.2) is 42.5 Å². The molecule has 1 aromatic heterocycles. The number of ether oxygens (including phenoxy) is 1. The Balaban J connectivity index is 1.92. The summed E-state index contributed by atoms with van der Waals surface area (Å²) < 4.78 is 5.13. The molecule has 1 heterocycles. The van der Waals surface area contributed by atoms with Gasteiger partial charge in [-0.1, -0.05) is 41.9 Å². The van der Waals surface area contributed by atoms with Crippen LogP contribution in [0.2, 0.25) is 5.02 Å². The molecule has 3 aromatic rings. The normalized spacial score (nSPS) is 11.3. The molecule has 0 spiro atoms. The number of hydrogen-bond donors (Lipinski definition) is 1. The predicted molar refractivity (Wildman–Crippen MR) is 83.0 cm³/mol. The first kappa shape index (κ1) is 12.8. The van der Waals surface area contributed by atoms with Crippen LogP contribution in [0.25, 0.3) is 23.1 Å². The van der Waals surface area contributed by atoms with E-state index in [0.717, 1.165) is 22.2 Å². The molecular formula is C16H13ClN2O. The van der Waals surface area contributed by atoms with Gasteiger partial charge >= 0.3 is 0 Å². The Morgan fingerprint density at radius 3 is 2.80 bits per heavy atom. The number of methoxy groups -OCH3 is 1. The molecule has 0 unspecified atom stereocenters. The molecule has 1 N–H and O–H groups in total. The summed E-state index contributed by atoms with van der Waals surface area (Å²) in [5.41, 5.74) is 2.94. The van der Waals surface area contributed by atoms with Crippen molar-refractivity contribution in [1.29, 1.82) is 0 Å². The van der Waals surface area contributed by atoms with E-state index in [1.165, 1.54) is 0 Å². The number of aromatic amines is 1. The number of benzene rings is 2. The quantitative estimate of drug-likeness (QED) is 0.774. The van der Waals surface area contributed by atoms with Gasteiger partial charge in [0.2, 0.25) is 0 Å². The summed E-state index contributed by atoms with van der Waals surface area (Å²) in [4.78, 5) is 0. The van der Waals surface area contributed by atoms with Crippen molar-refractivity contribution in [3.05, 3.63) is 58.7 Å². The lowest BCUT2D eigenvalue weighted by atomic mass is 10.1. The molecule has 0 radical (unpaired) electrons. The molecule has 0 saturated heterocycles. The second-order valence-corrected chi connectivity index (χ2v) is 4.79. The van der Waals surface area contributed by atoms with Gasteiger partial charge in [-0.05, 0) is 29.8 Å². The lowest BCUT2D eigenvalue weighted by molar-refractivity contribution is 0.415. The van der Waals surface area contributed by atoms with Gasteiger partial charge in [0.25, 0.3) is 0 Å². The Morgan fingerprint density at radius 1 is 1.15 bits per heavy atom. The first-order valence-electron chi connectivity index (χ1n) is 6.22. The molecule has 3 nitrogen and oxygen atoms in total. The van der Waals surface area contributed by atoms with Gasteiger partial charge in [0.1, 0.15) is 5.75 Å². The number of halogens is 1. The molecule has 0 fully saturated rings. The summed E-state index contributed by atoms with van der Waals surface area (Å²) in [6, 6.07) is 13.7. The topological polar surface area (TPSA) is 37.9 Å². The Bertz CT molecular complexity index is 777. The fourth-order valence-corrected chi connectivity index (χ4v) is 2.34. The zero-order chi connectivity index (χ0) is 13.9. The number of fused-ring (bicyclic) bond motifs is 1. The Morgan fingerprint density at radius 2 is 2.00 bits per heavy atom. The van der Waals surface area contributed by atoms with Crippen molar-refractivity contribution >= 4 is 34.7 Å². The number of para-hydroxylation sites is 1. The van der Waals surface area contributed by atoms with E-state index in [-0.39, 0.29) is 0 Å². The van der Waals surface area contributed by atoms with E-state index in [4.69, 9.17) is 16.3 Å². The van der Waals surface area contributed by atoms with Gasteiger partial charge in [0, 0.05) is 5.39 Å². The standard InChI is InChI=1S/C16H13ClN2O/c1-20-16-9-7-11(10-13(16)17)6-8-15-12-4-2-3-5-14(12)18-19-15/h2-10H,1H3,(H,18,19)/b8-6+. The third-order valence-electron chi connectivity index (χ3n) is 3.11. The summed E-state index contributed by atoms with van der Waals surface area (Å²) >= 11 is 6.10. The highest BCUT2D eigenvalue weighted by atomic mass is 35.5. The fraction of sp³-hybridized carbons (Fsp3) is 0.0625. The number of aromatic nitrogens is 2. The van der Waals surface area contributed by atoms with Gasteiger partial charge in [-0.2, -0.15) is 5.10 Å². The van der Waals surface area contributed by atoms with Crippen molar-refractivity contribution in [2.45, 2.75) is 0 Å². The fourth-order valence-electron chi connectivity index (χ4n) is 2.07. The first-order valence-corrected chi connectivity index (χ1v) is 6.60. The number of nitrogens with zero attached hydrogens (tertiary/aromatic N) is 1. The van der Waals surface area contributed by atoms with Crippen LogP contribution in [-0.2, 0) is 0 Å². The highest BCUT2D eigenvalue weighted by molar-refractivity contribution is 6.32. The SMILES string of the molecule is COc1ccc(/C=C/c2n[nH]c3ccccc23)cc1Cl. The van der Waals surface area contributed by atoms with Gasteiger partial charge < -0.3 is 4.74 Å². The Kier molecular flexibility index (Phi) is 3.44. The van der Waals surface area contributed by atoms with Crippen LogP contribution >= 0.6 is 11.6 Å². The van der Waals surface area contributed by atoms with Crippen LogP contribution in [0.4, 0.5) is 0 Å². The molecule has 20 heavy (non-hydrogen) atoms. The van der Waals surface area contributed by atoms with Crippen LogP contribution < -0.4 is 4.74 Å². The molecule has 0 atom stereocenters. The molecule has 0 bridgehead atoms. The number of nitrogens with one attached hydrogen (secondary N) is 1. The van der Waals surface area contributed by atoms with Gasteiger partial charge in [0.15, 0.2) is 0 Å². The first-order chi connectivity index (χ1) is 9.78. The van der Waals surface area contributed by atoms with Crippen LogP contribution in [0, 0.1) is 0 Å². The van der Waals surface area contributed by atoms with E-state index in [9.17, 15) is 0 Å². The minimum Gasteiger partial charge on any atom is -0.495 e. The van der Waals surface area contributed by atoms with Gasteiger partial charge in [-0.15, -0.1) is 0 Å². The second-order valence-electron chi connectivity index (χ2n) is 4.38. The van der Waals surface area contributed by atoms with Crippen LogP contribution in [-0.4, -0.2) is 17.3 Å². The highest BCUT2D eigenvalue weighted by Gasteiger charge is 2.02. The molecule has 2 aromatic carbocycles. The van der Waals surface area contributed by atoms with E-state index in [2.05, 4.69) is 10.2 Å². The molecule has 0 aliphatic rings. The molecular weight excluding hydrogens is 272 g/mol. The average molecular weight is 285 g/mol. The van der Waals surface area contributed by atoms with E-state index in [1.807, 2.05) is 54.6 Å². The lowest BCUT2D eigenvalue weighted by Crippen LogP contribution is -1.84. The molecule has 0 saturated carbocycles. The summed E-state index contributed by atoms with van der Waals surface area (Å²) in [6.45, 7) is 0. The molecule has 0 aliphatic heterocycles. The summed E-state index contributed by atoms with van der Waals surface area (Å²) in [5, 5.41) is 9.00. The molecule has 0 aliphatic carbocycles. The van der Waals surface area contributed by atoms with Crippen molar-refractivity contribution in [3.8, 4) is 5.75 Å². The molecule has 100 valence electrons. The van der Waals surface area contributed by atoms with Gasteiger partial charge in [-0.3, -0.25) is 5.10 Å². The van der Waals surface area contributed by atoms with E-state index < -0.39 is 0 Å². The van der Waals surface area contributed by atoms with E-state index in [0.29, 0.717) is 10.8 Å². The van der Waals surface area contributed by atoms with E-state index >= 15 is 0 Å². The second kappa shape index (κ2) is 5.39. The largest absolute Gasteiger partial charge is 0.495 e. The van der Waals surface area contributed by atoms with Crippen LogP contribution in [0.1, 0.15) is 11.3 Å². The Labute approximate surface area is 121 Å². The maximum absolute atomic E-state index is 6.10. The minimum atomic E-state index is 0.599. The molecule has 3 rings (SSSR count). The third kappa shape index (κ3) is 2.40. The Hall–Kier alpha value is -2.26. The number of H-pyrrole nitrogens is 1. The summed E-state index contributed by atoms with van der Waals surface area (Å²) in [7, 11) is 1.60. The third-order valence-corrected chi connectivity index (χ3v) is 3.40. The van der Waals surface area contributed by atoms with Gasteiger partial charge in [0.05, 0.1) is 23.3 Å². The molecule has 0 amide bonds. The van der Waals surface area contributed by atoms with Crippen molar-refractivity contribution in [2.75, 3.05) is 7.11 Å². The number of hydrogen-bond acceptors (Lipinski definition) is 2. The van der Waals surface area contributed by atoms with Crippen LogP contribution in [0.5, 0.6) is 5.75 Å². The zero-order valence-corrected chi connectivity index (χ0v) is 11.7. The monoisotopic (exact) mass is 284 g/mol. The zero-order valence-electron chi connectivity index (χ0n) is 10.9. The molecule has 4 heteroatoms. The van der Waals surface area contributed by atoms with Gasteiger partial charge in [-0.25, -0.2) is 0 Å². The van der Waals surface area contributed by atoms with Crippen molar-refractivity contribution in [1.82, 2.24) is 10.2 Å². The van der Waals surface area contributed by atoms with Crippen molar-refractivity contribution in [2.24, 2.45) is 0 Å². The maximum Gasteiger partial charge on any atom is 0.137 e. The van der Waals surface area contributed by atoms with E-state index in [1.54, 1.807) is 7.11 Å². The lowest BCUT2D eigenvalue weighted by Gasteiger charge is -2.02. The predicted octanol–water partition coefficient (Wildman–Crippen LogP) is 4.40.